The van der Waals surface area contributed by atoms with Gasteiger partial charge in [0.25, 0.3) is 0 Å². The molecule has 0 aliphatic carbocycles. The Kier molecular flexibility index (Phi) is 3.40. The largest absolute Gasteiger partial charge is 0.497 e. The van der Waals surface area contributed by atoms with Crippen LogP contribution in [-0.2, 0) is 5.75 Å². The fourth-order valence-corrected chi connectivity index (χ4v) is 3.09. The van der Waals surface area contributed by atoms with Gasteiger partial charge in [-0.3, -0.25) is 0 Å². The van der Waals surface area contributed by atoms with Gasteiger partial charge in [-0.1, -0.05) is 6.92 Å². The number of benzene rings is 1. The Morgan fingerprint density at radius 3 is 2.94 bits per heavy atom. The van der Waals surface area contributed by atoms with Crippen molar-refractivity contribution < 1.29 is 14.2 Å². The maximum Gasteiger partial charge on any atom is 0.131 e. The summed E-state index contributed by atoms with van der Waals surface area (Å²) in [5, 5.41) is 10.1. The number of methoxy groups -OCH3 is 1. The first-order chi connectivity index (χ1) is 7.63. The molecule has 0 aromatic heterocycles. The molecule has 0 fully saturated rings. The van der Waals surface area contributed by atoms with Crippen LogP contribution in [0.2, 0.25) is 0 Å². The molecule has 0 saturated carbocycles. The Balaban J connectivity index is 2.51. The monoisotopic (exact) mass is 242 g/mol. The summed E-state index contributed by atoms with van der Waals surface area (Å²) in [6.45, 7) is 1.98. The number of fused-ring (bicyclic) bond motifs is 1. The summed E-state index contributed by atoms with van der Waals surface area (Å²) in [5.74, 6) is 1.78. The van der Waals surface area contributed by atoms with Gasteiger partial charge >= 0.3 is 0 Å². The lowest BCUT2D eigenvalue weighted by Gasteiger charge is -2.18. The molecule has 1 aliphatic heterocycles. The average Bonchev–Trinajstić information content (AvgIpc) is 2.41. The van der Waals surface area contributed by atoms with E-state index in [4.69, 9.17) is 4.74 Å². The lowest BCUT2D eigenvalue weighted by Crippen LogP contribution is -2.11. The van der Waals surface area contributed by atoms with Crippen molar-refractivity contribution in [2.24, 2.45) is 5.92 Å². The van der Waals surface area contributed by atoms with Crippen LogP contribution in [0.25, 0.3) is 0 Å². The normalized spacial score (nSPS) is 24.8. The van der Waals surface area contributed by atoms with Crippen molar-refractivity contribution in [2.45, 2.75) is 18.8 Å². The lowest BCUT2D eigenvalue weighted by molar-refractivity contribution is 0.128. The van der Waals surface area contributed by atoms with Gasteiger partial charge < -0.3 is 9.84 Å². The molecule has 88 valence electrons. The second kappa shape index (κ2) is 4.63. The van der Waals surface area contributed by atoms with Crippen molar-refractivity contribution in [1.29, 1.82) is 0 Å². The Labute approximate surface area is 98.8 Å². The molecule has 2 atom stereocenters. The van der Waals surface area contributed by atoms with Crippen LogP contribution in [0.3, 0.4) is 0 Å². The molecule has 4 heteroatoms. The highest BCUT2D eigenvalue weighted by Gasteiger charge is 2.25. The van der Waals surface area contributed by atoms with Crippen molar-refractivity contribution in [3.8, 4) is 5.75 Å². The first-order valence-corrected chi connectivity index (χ1v) is 6.41. The molecule has 2 rings (SSSR count). The number of aliphatic hydroxyl groups excluding tert-OH is 1. The van der Waals surface area contributed by atoms with Crippen LogP contribution in [-0.4, -0.2) is 18.0 Å². The van der Waals surface area contributed by atoms with Gasteiger partial charge in [-0.05, 0) is 23.3 Å². The second-order valence-corrected chi connectivity index (χ2v) is 5.14. The van der Waals surface area contributed by atoms with Crippen molar-refractivity contribution in [3.63, 3.8) is 0 Å². The van der Waals surface area contributed by atoms with Crippen molar-refractivity contribution in [1.82, 2.24) is 0 Å². The summed E-state index contributed by atoms with van der Waals surface area (Å²) in [5.41, 5.74) is 1.29. The molecule has 0 spiro atoms. The number of rotatable bonds is 1. The number of hydrogen-bond donors (Lipinski definition) is 1. The van der Waals surface area contributed by atoms with Crippen LogP contribution in [0.4, 0.5) is 4.39 Å². The van der Waals surface area contributed by atoms with Gasteiger partial charge in [0, 0.05) is 17.4 Å². The van der Waals surface area contributed by atoms with Gasteiger partial charge in [-0.15, -0.1) is 0 Å². The second-order valence-electron chi connectivity index (χ2n) is 4.11. The minimum atomic E-state index is -0.602. The summed E-state index contributed by atoms with van der Waals surface area (Å²) in [4.78, 5) is 0. The molecule has 2 nitrogen and oxygen atoms in total. The molecule has 0 saturated heterocycles. The van der Waals surface area contributed by atoms with E-state index in [9.17, 15) is 9.50 Å². The quantitative estimate of drug-likeness (QED) is 0.821. The van der Waals surface area contributed by atoms with E-state index in [1.807, 2.05) is 6.92 Å². The van der Waals surface area contributed by atoms with Gasteiger partial charge in [0.15, 0.2) is 0 Å². The summed E-state index contributed by atoms with van der Waals surface area (Å²) < 4.78 is 18.8. The predicted molar refractivity (Wildman–Crippen MR) is 63.2 cm³/mol. The van der Waals surface area contributed by atoms with Crippen molar-refractivity contribution in [3.05, 3.63) is 29.1 Å². The molecule has 0 bridgehead atoms. The summed E-state index contributed by atoms with van der Waals surface area (Å²) in [6.07, 6.45) is -0.602. The van der Waals surface area contributed by atoms with E-state index >= 15 is 0 Å². The summed E-state index contributed by atoms with van der Waals surface area (Å²) >= 11 is 1.66. The first-order valence-electron chi connectivity index (χ1n) is 5.25. The molecule has 1 N–H and O–H groups in total. The van der Waals surface area contributed by atoms with Gasteiger partial charge in [0.2, 0.25) is 0 Å². The first kappa shape index (κ1) is 11.7. The number of ether oxygens (including phenoxy) is 1. The van der Waals surface area contributed by atoms with E-state index in [0.717, 1.165) is 5.75 Å². The number of halogens is 1. The molecule has 0 radical (unpaired) electrons. The SMILES string of the molecule is COc1cc(F)c2c(c1)C(O)C(C)CSC2. The van der Waals surface area contributed by atoms with Crippen LogP contribution in [0, 0.1) is 11.7 Å². The Hall–Kier alpha value is -0.740. The fraction of sp³-hybridized carbons (Fsp3) is 0.500. The van der Waals surface area contributed by atoms with E-state index in [1.54, 1.807) is 17.8 Å². The van der Waals surface area contributed by atoms with Crippen molar-refractivity contribution >= 4 is 11.8 Å². The standard InChI is InChI=1S/C12H15FO2S/c1-7-5-16-6-10-9(12(7)14)3-8(15-2)4-11(10)13/h3-4,7,12,14H,5-6H2,1-2H3. The molecule has 1 aliphatic rings. The van der Waals surface area contributed by atoms with Gasteiger partial charge in [0.05, 0.1) is 13.2 Å². The third-order valence-corrected chi connectivity index (χ3v) is 4.18. The highest BCUT2D eigenvalue weighted by molar-refractivity contribution is 7.98. The minimum Gasteiger partial charge on any atom is -0.497 e. The fourth-order valence-electron chi connectivity index (χ4n) is 1.91. The lowest BCUT2D eigenvalue weighted by atomic mass is 9.95. The van der Waals surface area contributed by atoms with Crippen LogP contribution < -0.4 is 4.74 Å². The summed E-state index contributed by atoms with van der Waals surface area (Å²) in [6, 6.07) is 3.12. The molecule has 0 amide bonds. The zero-order valence-electron chi connectivity index (χ0n) is 9.37. The van der Waals surface area contributed by atoms with E-state index < -0.39 is 6.10 Å². The van der Waals surface area contributed by atoms with Crippen LogP contribution >= 0.6 is 11.8 Å². The van der Waals surface area contributed by atoms with E-state index in [1.165, 1.54) is 13.2 Å². The topological polar surface area (TPSA) is 29.5 Å². The molecule has 16 heavy (non-hydrogen) atoms. The maximum atomic E-state index is 13.8. The highest BCUT2D eigenvalue weighted by atomic mass is 32.2. The zero-order chi connectivity index (χ0) is 11.7. The summed E-state index contributed by atoms with van der Waals surface area (Å²) in [7, 11) is 1.50. The Morgan fingerprint density at radius 1 is 1.50 bits per heavy atom. The predicted octanol–water partition coefficient (Wildman–Crippen LogP) is 2.75. The van der Waals surface area contributed by atoms with E-state index in [-0.39, 0.29) is 11.7 Å². The van der Waals surface area contributed by atoms with Gasteiger partial charge in [-0.25, -0.2) is 4.39 Å². The molecular formula is C12H15FO2S. The van der Waals surface area contributed by atoms with Crippen LogP contribution in [0.15, 0.2) is 12.1 Å². The molecular weight excluding hydrogens is 227 g/mol. The van der Waals surface area contributed by atoms with E-state index in [0.29, 0.717) is 22.6 Å². The number of aliphatic hydroxyl groups is 1. The highest BCUT2D eigenvalue weighted by Crippen LogP contribution is 2.37. The van der Waals surface area contributed by atoms with Gasteiger partial charge in [-0.2, -0.15) is 11.8 Å². The smallest absolute Gasteiger partial charge is 0.131 e. The average molecular weight is 242 g/mol. The molecule has 1 aromatic rings. The van der Waals surface area contributed by atoms with E-state index in [2.05, 4.69) is 0 Å². The molecule has 2 unspecified atom stereocenters. The van der Waals surface area contributed by atoms with Crippen LogP contribution in [0.5, 0.6) is 5.75 Å². The third-order valence-electron chi connectivity index (χ3n) is 2.92. The minimum absolute atomic E-state index is 0.137. The van der Waals surface area contributed by atoms with Crippen LogP contribution in [0.1, 0.15) is 24.2 Å². The Bertz CT molecular complexity index is 395. The Morgan fingerprint density at radius 2 is 2.25 bits per heavy atom. The van der Waals surface area contributed by atoms with Crippen molar-refractivity contribution in [2.75, 3.05) is 12.9 Å². The molecule has 1 aromatic carbocycles. The molecule has 1 heterocycles. The maximum absolute atomic E-state index is 13.8. The van der Waals surface area contributed by atoms with Gasteiger partial charge in [0.1, 0.15) is 11.6 Å². The number of thioether (sulfide) groups is 1. The third kappa shape index (κ3) is 2.04. The zero-order valence-corrected chi connectivity index (χ0v) is 10.2. The number of hydrogen-bond acceptors (Lipinski definition) is 3.